The zero-order valence-corrected chi connectivity index (χ0v) is 14.9. The summed E-state index contributed by atoms with van der Waals surface area (Å²) < 4.78 is 1.06. The van der Waals surface area contributed by atoms with Gasteiger partial charge >= 0.3 is 0 Å². The average Bonchev–Trinajstić information content (AvgIpc) is 2.43. The molecule has 1 aromatic rings. The van der Waals surface area contributed by atoms with Gasteiger partial charge in [0.25, 0.3) is 0 Å². The first-order valence-electron chi connectivity index (χ1n) is 7.80. The fourth-order valence-electron chi connectivity index (χ4n) is 3.06. The molecule has 0 radical (unpaired) electrons. The number of aromatic nitrogens is 1. The second-order valence-corrected chi connectivity index (χ2v) is 7.02. The first kappa shape index (κ1) is 16.9. The molecular formula is C16H27BrN4. The summed E-state index contributed by atoms with van der Waals surface area (Å²) in [6.07, 6.45) is 6.04. The number of halogens is 1. The van der Waals surface area contributed by atoms with Crippen LogP contribution < -0.4 is 5.32 Å². The molecule has 1 aromatic heterocycles. The lowest BCUT2D eigenvalue weighted by Gasteiger charge is -2.39. The Bertz CT molecular complexity index is 440. The van der Waals surface area contributed by atoms with Gasteiger partial charge in [-0.15, -0.1) is 0 Å². The summed E-state index contributed by atoms with van der Waals surface area (Å²) in [5, 5.41) is 3.64. The highest BCUT2D eigenvalue weighted by Gasteiger charge is 2.25. The van der Waals surface area contributed by atoms with E-state index in [1.807, 2.05) is 12.4 Å². The van der Waals surface area contributed by atoms with Gasteiger partial charge in [-0.25, -0.2) is 0 Å². The first-order valence-corrected chi connectivity index (χ1v) is 8.59. The lowest BCUT2D eigenvalue weighted by molar-refractivity contribution is 0.101. The van der Waals surface area contributed by atoms with Crippen LogP contribution in [0.4, 0.5) is 0 Å². The van der Waals surface area contributed by atoms with E-state index >= 15 is 0 Å². The Labute approximate surface area is 137 Å². The van der Waals surface area contributed by atoms with E-state index < -0.39 is 0 Å². The van der Waals surface area contributed by atoms with E-state index in [2.05, 4.69) is 63.1 Å². The summed E-state index contributed by atoms with van der Waals surface area (Å²) in [5.74, 6) is 0. The van der Waals surface area contributed by atoms with E-state index in [4.69, 9.17) is 0 Å². The second kappa shape index (κ2) is 8.22. The quantitative estimate of drug-likeness (QED) is 0.846. The maximum absolute atomic E-state index is 4.28. The summed E-state index contributed by atoms with van der Waals surface area (Å²) in [7, 11) is 4.47. The Morgan fingerprint density at radius 1 is 1.38 bits per heavy atom. The fourth-order valence-corrected chi connectivity index (χ4v) is 3.48. The number of piperazine rings is 1. The molecular weight excluding hydrogens is 328 g/mol. The van der Waals surface area contributed by atoms with Crippen LogP contribution in [0.25, 0.3) is 0 Å². The predicted octanol–water partition coefficient (Wildman–Crippen LogP) is 2.00. The minimum Gasteiger partial charge on any atom is -0.314 e. The van der Waals surface area contributed by atoms with Crippen molar-refractivity contribution in [3.8, 4) is 0 Å². The van der Waals surface area contributed by atoms with Crippen LogP contribution in [0.2, 0.25) is 0 Å². The van der Waals surface area contributed by atoms with E-state index in [0.717, 1.165) is 24.0 Å². The molecule has 0 aromatic carbocycles. The molecule has 118 valence electrons. The van der Waals surface area contributed by atoms with Crippen LogP contribution in [0.1, 0.15) is 18.9 Å². The Morgan fingerprint density at radius 2 is 2.19 bits per heavy atom. The van der Waals surface area contributed by atoms with Crippen LogP contribution >= 0.6 is 15.9 Å². The van der Waals surface area contributed by atoms with Crippen LogP contribution in [0.3, 0.4) is 0 Å². The van der Waals surface area contributed by atoms with Crippen molar-refractivity contribution in [2.75, 3.05) is 40.3 Å². The monoisotopic (exact) mass is 354 g/mol. The van der Waals surface area contributed by atoms with Crippen molar-refractivity contribution in [1.82, 2.24) is 20.1 Å². The van der Waals surface area contributed by atoms with Crippen molar-refractivity contribution in [1.29, 1.82) is 0 Å². The van der Waals surface area contributed by atoms with Gasteiger partial charge in [0.05, 0.1) is 0 Å². The number of likely N-dealkylation sites (N-methyl/N-ethyl adjacent to an activating group) is 3. The first-order chi connectivity index (χ1) is 10.1. The molecule has 2 unspecified atom stereocenters. The molecule has 1 saturated heterocycles. The molecule has 2 atom stereocenters. The normalized spacial score (nSPS) is 22.4. The van der Waals surface area contributed by atoms with Crippen molar-refractivity contribution in [3.63, 3.8) is 0 Å². The SMILES string of the molecule is CCNC(Cc1cncc(Br)c1)CC1CN(C)CCN1C. The summed E-state index contributed by atoms with van der Waals surface area (Å²) in [6, 6.07) is 3.31. The van der Waals surface area contributed by atoms with Crippen molar-refractivity contribution < 1.29 is 0 Å². The maximum Gasteiger partial charge on any atom is 0.0410 e. The molecule has 1 fully saturated rings. The number of hydrogen-bond donors (Lipinski definition) is 1. The molecule has 1 aliphatic rings. The summed E-state index contributed by atoms with van der Waals surface area (Å²) in [5.41, 5.74) is 1.29. The van der Waals surface area contributed by atoms with Gasteiger partial charge in [0.1, 0.15) is 0 Å². The summed E-state index contributed by atoms with van der Waals surface area (Å²) >= 11 is 3.51. The standard InChI is InChI=1S/C16H27BrN4/c1-4-19-15(8-13-7-14(17)11-18-10-13)9-16-12-20(2)5-6-21(16)3/h7,10-11,15-16,19H,4-6,8-9,12H2,1-3H3. The van der Waals surface area contributed by atoms with Crippen LogP contribution in [0.15, 0.2) is 22.9 Å². The molecule has 1 aliphatic heterocycles. The molecule has 1 N–H and O–H groups in total. The van der Waals surface area contributed by atoms with Gasteiger partial charge < -0.3 is 15.1 Å². The smallest absolute Gasteiger partial charge is 0.0410 e. The molecule has 5 heteroatoms. The predicted molar refractivity (Wildman–Crippen MR) is 91.6 cm³/mol. The zero-order chi connectivity index (χ0) is 15.2. The summed E-state index contributed by atoms with van der Waals surface area (Å²) in [4.78, 5) is 9.22. The van der Waals surface area contributed by atoms with Gasteiger partial charge in [0.15, 0.2) is 0 Å². The van der Waals surface area contributed by atoms with Gasteiger partial charge in [-0.05, 0) is 61.0 Å². The zero-order valence-electron chi connectivity index (χ0n) is 13.3. The van der Waals surface area contributed by atoms with Crippen LogP contribution in [0, 0.1) is 0 Å². The van der Waals surface area contributed by atoms with E-state index in [1.54, 1.807) is 0 Å². The van der Waals surface area contributed by atoms with Crippen LogP contribution in [0.5, 0.6) is 0 Å². The van der Waals surface area contributed by atoms with Gasteiger partial charge in [0.2, 0.25) is 0 Å². The number of pyridine rings is 1. The number of rotatable bonds is 6. The van der Waals surface area contributed by atoms with E-state index in [-0.39, 0.29) is 0 Å². The molecule has 21 heavy (non-hydrogen) atoms. The van der Waals surface area contributed by atoms with E-state index in [1.165, 1.54) is 25.1 Å². The lowest BCUT2D eigenvalue weighted by Crippen LogP contribution is -2.52. The largest absolute Gasteiger partial charge is 0.314 e. The number of nitrogens with one attached hydrogen (secondary N) is 1. The number of hydrogen-bond acceptors (Lipinski definition) is 4. The molecule has 0 bridgehead atoms. The Hall–Kier alpha value is -0.490. The third-order valence-electron chi connectivity index (χ3n) is 4.27. The lowest BCUT2D eigenvalue weighted by atomic mass is 9.98. The minimum atomic E-state index is 0.505. The van der Waals surface area contributed by atoms with Crippen LogP contribution in [-0.2, 0) is 6.42 Å². The van der Waals surface area contributed by atoms with Crippen molar-refractivity contribution in [3.05, 3.63) is 28.5 Å². The minimum absolute atomic E-state index is 0.505. The highest BCUT2D eigenvalue weighted by molar-refractivity contribution is 9.10. The molecule has 2 rings (SSSR count). The number of nitrogens with zero attached hydrogens (tertiary/aromatic N) is 3. The van der Waals surface area contributed by atoms with Crippen molar-refractivity contribution in [2.45, 2.75) is 31.8 Å². The molecule has 0 aliphatic carbocycles. The third-order valence-corrected chi connectivity index (χ3v) is 4.71. The second-order valence-electron chi connectivity index (χ2n) is 6.10. The van der Waals surface area contributed by atoms with Gasteiger partial charge in [0, 0.05) is 48.6 Å². The summed E-state index contributed by atoms with van der Waals surface area (Å²) in [6.45, 7) is 6.70. The van der Waals surface area contributed by atoms with Crippen molar-refractivity contribution >= 4 is 15.9 Å². The Balaban J connectivity index is 1.98. The van der Waals surface area contributed by atoms with Gasteiger partial charge in [-0.1, -0.05) is 6.92 Å². The molecule has 0 saturated carbocycles. The average molecular weight is 355 g/mol. The van der Waals surface area contributed by atoms with Crippen molar-refractivity contribution in [2.24, 2.45) is 0 Å². The molecule has 0 amide bonds. The van der Waals surface area contributed by atoms with E-state index in [9.17, 15) is 0 Å². The van der Waals surface area contributed by atoms with Gasteiger partial charge in [-0.3, -0.25) is 4.98 Å². The third kappa shape index (κ3) is 5.33. The fraction of sp³-hybridized carbons (Fsp3) is 0.688. The highest BCUT2D eigenvalue weighted by atomic mass is 79.9. The molecule has 4 nitrogen and oxygen atoms in total. The molecule has 0 spiro atoms. The topological polar surface area (TPSA) is 31.4 Å². The van der Waals surface area contributed by atoms with E-state index in [0.29, 0.717) is 12.1 Å². The molecule has 2 heterocycles. The van der Waals surface area contributed by atoms with Crippen LogP contribution in [-0.4, -0.2) is 67.1 Å². The Morgan fingerprint density at radius 3 is 2.90 bits per heavy atom. The maximum atomic E-state index is 4.28. The highest BCUT2D eigenvalue weighted by Crippen LogP contribution is 2.16. The Kier molecular flexibility index (Phi) is 6.61. The van der Waals surface area contributed by atoms with Gasteiger partial charge in [-0.2, -0.15) is 0 Å².